The van der Waals surface area contributed by atoms with Crippen molar-refractivity contribution in [3.8, 4) is 0 Å². The number of nitrogens with zero attached hydrogens (tertiary/aromatic N) is 1. The van der Waals surface area contributed by atoms with Gasteiger partial charge in [-0.05, 0) is 17.5 Å². The van der Waals surface area contributed by atoms with E-state index in [4.69, 9.17) is 0 Å². The molecule has 0 radical (unpaired) electrons. The topological polar surface area (TPSA) is 12.9 Å². The lowest BCUT2D eigenvalue weighted by Gasteiger charge is -2.17. The van der Waals surface area contributed by atoms with Gasteiger partial charge in [0.05, 0.1) is 8.07 Å². The zero-order valence-corrected chi connectivity index (χ0v) is 10.2. The van der Waals surface area contributed by atoms with Gasteiger partial charge in [-0.1, -0.05) is 19.6 Å². The van der Waals surface area contributed by atoms with Crippen LogP contribution in [0.15, 0.2) is 17.2 Å². The zero-order valence-electron chi connectivity index (χ0n) is 8.39. The molecule has 13 heavy (non-hydrogen) atoms. The van der Waals surface area contributed by atoms with E-state index in [1.807, 2.05) is 12.3 Å². The van der Waals surface area contributed by atoms with Crippen LogP contribution in [0.3, 0.4) is 0 Å². The Hall–Kier alpha value is -0.353. The van der Waals surface area contributed by atoms with Crippen molar-refractivity contribution in [3.05, 3.63) is 18.2 Å². The van der Waals surface area contributed by atoms with E-state index in [0.29, 0.717) is 0 Å². The molecule has 72 valence electrons. The molecule has 0 saturated heterocycles. The molecule has 0 saturated carbocycles. The molecule has 0 aliphatic rings. The molecule has 1 heterocycles. The molecular formula is C9H14FNSSi. The summed E-state index contributed by atoms with van der Waals surface area (Å²) in [6, 6.07) is 1.93. The van der Waals surface area contributed by atoms with E-state index in [1.165, 1.54) is 0 Å². The second-order valence-corrected chi connectivity index (χ2v) is 9.88. The number of hydrogen-bond acceptors (Lipinski definition) is 2. The van der Waals surface area contributed by atoms with Gasteiger partial charge in [0.1, 0.15) is 0 Å². The van der Waals surface area contributed by atoms with Gasteiger partial charge in [0.2, 0.25) is 5.95 Å². The van der Waals surface area contributed by atoms with E-state index >= 15 is 0 Å². The van der Waals surface area contributed by atoms with Crippen LogP contribution in [0.5, 0.6) is 0 Å². The van der Waals surface area contributed by atoms with Gasteiger partial charge in [0.15, 0.2) is 0 Å². The Morgan fingerprint density at radius 2 is 2.00 bits per heavy atom. The highest BCUT2D eigenvalue weighted by molar-refractivity contribution is 7.98. The molecule has 0 aromatic carbocycles. The number of thioether (sulfide) groups is 1. The van der Waals surface area contributed by atoms with Gasteiger partial charge in [0.25, 0.3) is 0 Å². The maximum Gasteiger partial charge on any atom is 0.212 e. The minimum absolute atomic E-state index is 0.294. The summed E-state index contributed by atoms with van der Waals surface area (Å²) < 4.78 is 13.3. The molecule has 0 fully saturated rings. The summed E-state index contributed by atoms with van der Waals surface area (Å²) >= 11 is 1.60. The van der Waals surface area contributed by atoms with Crippen molar-refractivity contribution in [1.82, 2.24) is 4.98 Å². The maximum absolute atomic E-state index is 13.3. The molecule has 0 aliphatic heterocycles. The fraction of sp³-hybridized carbons (Fsp3) is 0.444. The number of hydrogen-bond donors (Lipinski definition) is 0. The molecule has 0 aliphatic carbocycles. The second kappa shape index (κ2) is 3.80. The molecule has 0 N–H and O–H groups in total. The van der Waals surface area contributed by atoms with Crippen LogP contribution < -0.4 is 5.19 Å². The Morgan fingerprint density at radius 3 is 2.46 bits per heavy atom. The molecule has 1 nitrogen and oxygen atoms in total. The highest BCUT2D eigenvalue weighted by Crippen LogP contribution is 2.14. The minimum atomic E-state index is -1.58. The SMILES string of the molecule is CSc1cnc(F)c([Si](C)(C)C)c1. The lowest BCUT2D eigenvalue weighted by molar-refractivity contribution is 0.589. The smallest absolute Gasteiger partial charge is 0.212 e. The van der Waals surface area contributed by atoms with Gasteiger partial charge < -0.3 is 0 Å². The van der Waals surface area contributed by atoms with Gasteiger partial charge >= 0.3 is 0 Å². The molecule has 0 spiro atoms. The van der Waals surface area contributed by atoms with Crippen LogP contribution in [-0.2, 0) is 0 Å². The lowest BCUT2D eigenvalue weighted by atomic mass is 10.5. The van der Waals surface area contributed by atoms with Crippen LogP contribution in [0.25, 0.3) is 0 Å². The Morgan fingerprint density at radius 1 is 1.38 bits per heavy atom. The first-order valence-electron chi connectivity index (χ1n) is 4.15. The first kappa shape index (κ1) is 10.7. The summed E-state index contributed by atoms with van der Waals surface area (Å²) in [6.45, 7) is 6.37. The van der Waals surface area contributed by atoms with E-state index in [-0.39, 0.29) is 5.95 Å². The number of halogens is 1. The van der Waals surface area contributed by atoms with Crippen molar-refractivity contribution in [2.75, 3.05) is 6.26 Å². The van der Waals surface area contributed by atoms with Crippen molar-refractivity contribution in [3.63, 3.8) is 0 Å². The Bertz CT molecular complexity index is 309. The Labute approximate surface area is 83.8 Å². The Balaban J connectivity index is 3.19. The normalized spacial score (nSPS) is 11.8. The average molecular weight is 215 g/mol. The van der Waals surface area contributed by atoms with E-state index in [9.17, 15) is 4.39 Å². The summed E-state index contributed by atoms with van der Waals surface area (Å²) in [5.41, 5.74) is 0. The number of rotatable bonds is 2. The van der Waals surface area contributed by atoms with Crippen LogP contribution in [-0.4, -0.2) is 19.3 Å². The van der Waals surface area contributed by atoms with Gasteiger partial charge in [-0.2, -0.15) is 4.39 Å². The molecule has 0 amide bonds. The Kier molecular flexibility index (Phi) is 3.13. The van der Waals surface area contributed by atoms with Crippen molar-refractivity contribution in [2.45, 2.75) is 24.5 Å². The van der Waals surface area contributed by atoms with E-state index < -0.39 is 8.07 Å². The van der Waals surface area contributed by atoms with Crippen LogP contribution in [0.4, 0.5) is 4.39 Å². The maximum atomic E-state index is 13.3. The van der Waals surface area contributed by atoms with Crippen LogP contribution in [0.1, 0.15) is 0 Å². The fourth-order valence-corrected chi connectivity index (χ4v) is 2.84. The monoisotopic (exact) mass is 215 g/mol. The minimum Gasteiger partial charge on any atom is -0.227 e. The highest BCUT2D eigenvalue weighted by atomic mass is 32.2. The molecule has 1 aromatic rings. The van der Waals surface area contributed by atoms with E-state index in [2.05, 4.69) is 24.6 Å². The third-order valence-corrected chi connectivity index (χ3v) is 4.52. The zero-order chi connectivity index (χ0) is 10.1. The first-order valence-corrected chi connectivity index (χ1v) is 8.87. The summed E-state index contributed by atoms with van der Waals surface area (Å²) in [7, 11) is -1.58. The van der Waals surface area contributed by atoms with Gasteiger partial charge in [-0.3, -0.25) is 0 Å². The van der Waals surface area contributed by atoms with Crippen molar-refractivity contribution < 1.29 is 4.39 Å². The van der Waals surface area contributed by atoms with Gasteiger partial charge in [0, 0.05) is 11.1 Å². The standard InChI is InChI=1S/C9H14FNSSi/c1-12-7-5-8(13(2,3)4)9(10)11-6-7/h5-6H,1-4H3. The first-order chi connectivity index (χ1) is 5.95. The predicted molar refractivity (Wildman–Crippen MR) is 59.0 cm³/mol. The van der Waals surface area contributed by atoms with Crippen molar-refractivity contribution in [1.29, 1.82) is 0 Å². The van der Waals surface area contributed by atoms with Crippen LogP contribution in [0, 0.1) is 5.95 Å². The van der Waals surface area contributed by atoms with Crippen LogP contribution in [0.2, 0.25) is 19.6 Å². The highest BCUT2D eigenvalue weighted by Gasteiger charge is 2.21. The predicted octanol–water partition coefficient (Wildman–Crippen LogP) is 2.49. The lowest BCUT2D eigenvalue weighted by Crippen LogP contribution is -2.40. The van der Waals surface area contributed by atoms with Crippen molar-refractivity contribution in [2.24, 2.45) is 0 Å². The molecule has 1 rings (SSSR count). The molecular weight excluding hydrogens is 201 g/mol. The van der Waals surface area contributed by atoms with Gasteiger partial charge in [-0.25, -0.2) is 4.98 Å². The quantitative estimate of drug-likeness (QED) is 0.427. The third-order valence-electron chi connectivity index (χ3n) is 1.86. The van der Waals surface area contributed by atoms with Crippen molar-refractivity contribution >= 4 is 25.0 Å². The largest absolute Gasteiger partial charge is 0.227 e. The average Bonchev–Trinajstić information content (AvgIpc) is 2.03. The summed E-state index contributed by atoms with van der Waals surface area (Å²) in [4.78, 5) is 4.80. The molecule has 0 atom stereocenters. The summed E-state index contributed by atoms with van der Waals surface area (Å²) in [6.07, 6.45) is 3.56. The molecule has 0 unspecified atom stereocenters. The molecule has 4 heteroatoms. The molecule has 1 aromatic heterocycles. The third kappa shape index (κ3) is 2.54. The van der Waals surface area contributed by atoms with E-state index in [0.717, 1.165) is 10.1 Å². The fourth-order valence-electron chi connectivity index (χ4n) is 1.07. The van der Waals surface area contributed by atoms with Gasteiger partial charge in [-0.15, -0.1) is 11.8 Å². The molecule has 0 bridgehead atoms. The number of aromatic nitrogens is 1. The second-order valence-electron chi connectivity index (χ2n) is 3.96. The number of pyridine rings is 1. The summed E-state index contributed by atoms with van der Waals surface area (Å²) in [5.74, 6) is -0.294. The van der Waals surface area contributed by atoms with E-state index in [1.54, 1.807) is 18.0 Å². The van der Waals surface area contributed by atoms with Crippen LogP contribution >= 0.6 is 11.8 Å². The summed E-state index contributed by atoms with van der Waals surface area (Å²) in [5, 5.41) is 0.819.